The number of rotatable bonds is 11. The molecule has 3 aromatic rings. The van der Waals surface area contributed by atoms with Crippen LogP contribution in [-0.4, -0.2) is 41.0 Å². The minimum atomic E-state index is -0.938. The Morgan fingerprint density at radius 1 is 1.06 bits per heavy atom. The van der Waals surface area contributed by atoms with E-state index in [2.05, 4.69) is 19.2 Å². The fourth-order valence-electron chi connectivity index (χ4n) is 4.21. The summed E-state index contributed by atoms with van der Waals surface area (Å²) in [4.78, 5) is 11.4. The van der Waals surface area contributed by atoms with Gasteiger partial charge in [-0.1, -0.05) is 65.7 Å². The highest BCUT2D eigenvalue weighted by Crippen LogP contribution is 2.31. The van der Waals surface area contributed by atoms with Crippen LogP contribution in [0.25, 0.3) is 11.1 Å². The number of carboxylic acid groups (broad SMARTS) is 1. The summed E-state index contributed by atoms with van der Waals surface area (Å²) < 4.78 is 6.04. The zero-order valence-electron chi connectivity index (χ0n) is 21.0. The fourth-order valence-corrected chi connectivity index (χ4v) is 4.53. The van der Waals surface area contributed by atoms with E-state index < -0.39 is 12.1 Å². The maximum Gasteiger partial charge on any atom is 0.335 e. The molecule has 0 aliphatic rings. The first-order chi connectivity index (χ1) is 17.0. The van der Waals surface area contributed by atoms with E-state index in [0.717, 1.165) is 28.7 Å². The normalized spacial score (nSPS) is 13.4. The van der Waals surface area contributed by atoms with Crippen molar-refractivity contribution in [2.75, 3.05) is 13.2 Å². The number of benzene rings is 3. The van der Waals surface area contributed by atoms with Crippen LogP contribution in [-0.2, 0) is 11.2 Å². The number of β-amino-alcohol motifs (C(OH)–C–C–N with tert-alkyl or cyclic N) is 1. The monoisotopic (exact) mass is 529 g/mol. The van der Waals surface area contributed by atoms with Gasteiger partial charge in [0.25, 0.3) is 0 Å². The van der Waals surface area contributed by atoms with Gasteiger partial charge in [-0.3, -0.25) is 0 Å². The lowest BCUT2D eigenvalue weighted by Crippen LogP contribution is -2.46. The van der Waals surface area contributed by atoms with Crippen molar-refractivity contribution in [2.24, 2.45) is 0 Å². The van der Waals surface area contributed by atoms with Gasteiger partial charge in [0.15, 0.2) is 0 Å². The smallest absolute Gasteiger partial charge is 0.335 e. The molecule has 7 heteroatoms. The van der Waals surface area contributed by atoms with Crippen LogP contribution in [0.1, 0.15) is 53.9 Å². The van der Waals surface area contributed by atoms with Crippen molar-refractivity contribution in [1.29, 1.82) is 0 Å². The van der Waals surface area contributed by atoms with Gasteiger partial charge < -0.3 is 20.3 Å². The highest BCUT2D eigenvalue weighted by Gasteiger charge is 2.21. The second-order valence-electron chi connectivity index (χ2n) is 9.74. The number of nitrogens with one attached hydrogen (secondary N) is 1. The molecule has 0 amide bonds. The molecule has 0 radical (unpaired) electrons. The molecule has 3 rings (SSSR count). The molecular formula is C29H33Cl2NO4. The van der Waals surface area contributed by atoms with Gasteiger partial charge in [-0.2, -0.15) is 0 Å². The molecule has 3 N–H and O–H groups in total. The molecule has 0 spiro atoms. The van der Waals surface area contributed by atoms with Crippen LogP contribution in [0.5, 0.6) is 0 Å². The van der Waals surface area contributed by atoms with Crippen LogP contribution in [0.3, 0.4) is 0 Å². The van der Waals surface area contributed by atoms with E-state index in [1.807, 2.05) is 55.5 Å². The van der Waals surface area contributed by atoms with Crippen LogP contribution in [0.4, 0.5) is 0 Å². The predicted molar refractivity (Wildman–Crippen MR) is 146 cm³/mol. The van der Waals surface area contributed by atoms with E-state index in [0.29, 0.717) is 27.7 Å². The van der Waals surface area contributed by atoms with Gasteiger partial charge in [-0.05, 0) is 80.1 Å². The molecule has 0 aromatic heterocycles. The number of carbonyl (C=O) groups is 1. The quantitative estimate of drug-likeness (QED) is 0.257. The van der Waals surface area contributed by atoms with Gasteiger partial charge in [0.1, 0.15) is 0 Å². The first kappa shape index (κ1) is 28.2. The van der Waals surface area contributed by atoms with Crippen molar-refractivity contribution >= 4 is 29.2 Å². The summed E-state index contributed by atoms with van der Waals surface area (Å²) in [6, 6.07) is 18.8. The number of aryl methyl sites for hydroxylation is 1. The highest BCUT2D eigenvalue weighted by atomic mass is 35.5. The summed E-state index contributed by atoms with van der Waals surface area (Å²) in [5.74, 6) is -0.938. The number of aromatic carboxylic acids is 1. The Hall–Kier alpha value is -2.41. The SMILES string of the molecule is Cc1cc(-c2ccccc2C(C)OCC(O)CNC(C)(C)Cc2ccc(Cl)c(Cl)c2)ccc1C(=O)O. The Morgan fingerprint density at radius 2 is 1.78 bits per heavy atom. The molecule has 2 unspecified atom stereocenters. The van der Waals surface area contributed by atoms with Gasteiger partial charge in [0.05, 0.1) is 34.4 Å². The third-order valence-electron chi connectivity index (χ3n) is 6.15. The summed E-state index contributed by atoms with van der Waals surface area (Å²) >= 11 is 12.1. The first-order valence-electron chi connectivity index (χ1n) is 11.9. The molecule has 192 valence electrons. The van der Waals surface area contributed by atoms with Gasteiger partial charge in [0.2, 0.25) is 0 Å². The van der Waals surface area contributed by atoms with E-state index in [1.165, 1.54) is 0 Å². The fraction of sp³-hybridized carbons (Fsp3) is 0.345. The van der Waals surface area contributed by atoms with Gasteiger partial charge in [-0.25, -0.2) is 4.79 Å². The molecule has 5 nitrogen and oxygen atoms in total. The van der Waals surface area contributed by atoms with Crippen molar-refractivity contribution in [2.45, 2.75) is 51.9 Å². The van der Waals surface area contributed by atoms with E-state index in [9.17, 15) is 15.0 Å². The topological polar surface area (TPSA) is 78.8 Å². The third kappa shape index (κ3) is 7.55. The minimum Gasteiger partial charge on any atom is -0.478 e. The van der Waals surface area contributed by atoms with Crippen LogP contribution in [0, 0.1) is 6.92 Å². The standard InChI is InChI=1S/C29H33Cl2NO4/c1-18-13-21(10-11-23(18)28(34)35)25-8-6-5-7-24(25)19(2)36-17-22(33)16-32-29(3,4)15-20-9-12-26(30)27(31)14-20/h5-14,19,22,32-33H,15-17H2,1-4H3,(H,34,35). The second-order valence-corrected chi connectivity index (χ2v) is 10.6. The molecule has 0 bridgehead atoms. The minimum absolute atomic E-state index is 0.169. The van der Waals surface area contributed by atoms with Gasteiger partial charge >= 0.3 is 5.97 Å². The maximum atomic E-state index is 11.4. The maximum absolute atomic E-state index is 11.4. The molecule has 0 saturated heterocycles. The summed E-state index contributed by atoms with van der Waals surface area (Å²) in [6.45, 7) is 8.42. The summed E-state index contributed by atoms with van der Waals surface area (Å²) in [5.41, 5.74) is 4.66. The van der Waals surface area contributed by atoms with Crippen LogP contribution >= 0.6 is 23.2 Å². The van der Waals surface area contributed by atoms with Gasteiger partial charge in [0, 0.05) is 12.1 Å². The van der Waals surface area contributed by atoms with Crippen molar-refractivity contribution < 1.29 is 19.7 Å². The Kier molecular flexibility index (Phi) is 9.56. The lowest BCUT2D eigenvalue weighted by Gasteiger charge is -2.28. The molecule has 0 aliphatic heterocycles. The molecule has 3 aromatic carbocycles. The summed E-state index contributed by atoms with van der Waals surface area (Å²) in [7, 11) is 0. The zero-order chi connectivity index (χ0) is 26.5. The summed E-state index contributed by atoms with van der Waals surface area (Å²) in [6.07, 6.45) is -0.231. The molecule has 36 heavy (non-hydrogen) atoms. The molecule has 0 aliphatic carbocycles. The van der Waals surface area contributed by atoms with Gasteiger partial charge in [-0.15, -0.1) is 0 Å². The Bertz CT molecular complexity index is 1210. The average molecular weight is 530 g/mol. The van der Waals surface area contributed by atoms with E-state index >= 15 is 0 Å². The lowest BCUT2D eigenvalue weighted by atomic mass is 9.94. The Balaban J connectivity index is 1.59. The summed E-state index contributed by atoms with van der Waals surface area (Å²) in [5, 5.41) is 24.4. The van der Waals surface area contributed by atoms with Crippen molar-refractivity contribution in [3.63, 3.8) is 0 Å². The van der Waals surface area contributed by atoms with Crippen LogP contribution < -0.4 is 5.32 Å². The average Bonchev–Trinajstić information content (AvgIpc) is 2.83. The molecule has 0 heterocycles. The van der Waals surface area contributed by atoms with Crippen LogP contribution in [0.2, 0.25) is 10.0 Å². The third-order valence-corrected chi connectivity index (χ3v) is 6.89. The van der Waals surface area contributed by atoms with E-state index in [-0.39, 0.29) is 18.2 Å². The number of aliphatic hydroxyl groups is 1. The number of hydrogen-bond acceptors (Lipinski definition) is 4. The molecule has 0 fully saturated rings. The molecular weight excluding hydrogens is 497 g/mol. The van der Waals surface area contributed by atoms with Crippen molar-refractivity contribution in [3.8, 4) is 11.1 Å². The number of ether oxygens (including phenoxy) is 1. The van der Waals surface area contributed by atoms with Crippen molar-refractivity contribution in [3.05, 3.63) is 93.0 Å². The largest absolute Gasteiger partial charge is 0.478 e. The number of hydrogen-bond donors (Lipinski definition) is 3. The second kappa shape index (κ2) is 12.2. The number of aliphatic hydroxyl groups excluding tert-OH is 1. The highest BCUT2D eigenvalue weighted by molar-refractivity contribution is 6.42. The Labute approximate surface area is 223 Å². The first-order valence-corrected chi connectivity index (χ1v) is 12.6. The number of carboxylic acids is 1. The van der Waals surface area contributed by atoms with Crippen LogP contribution in [0.15, 0.2) is 60.7 Å². The van der Waals surface area contributed by atoms with Crippen molar-refractivity contribution in [1.82, 2.24) is 5.32 Å². The zero-order valence-corrected chi connectivity index (χ0v) is 22.5. The predicted octanol–water partition coefficient (Wildman–Crippen LogP) is 6.72. The Morgan fingerprint density at radius 3 is 2.44 bits per heavy atom. The number of halogens is 2. The molecule has 2 atom stereocenters. The molecule has 0 saturated carbocycles. The van der Waals surface area contributed by atoms with E-state index in [4.69, 9.17) is 27.9 Å². The van der Waals surface area contributed by atoms with E-state index in [1.54, 1.807) is 19.1 Å². The lowest BCUT2D eigenvalue weighted by molar-refractivity contribution is -0.00397.